The van der Waals surface area contributed by atoms with E-state index in [2.05, 4.69) is 40.0 Å². The lowest BCUT2D eigenvalue weighted by Crippen LogP contribution is -2.44. The number of rotatable bonds is 7. The normalized spacial score (nSPS) is 12.8. The van der Waals surface area contributed by atoms with Crippen LogP contribution in [-0.4, -0.2) is 37.5 Å². The van der Waals surface area contributed by atoms with Gasteiger partial charge in [0, 0.05) is 17.1 Å². The molecule has 5 heteroatoms. The zero-order valence-corrected chi connectivity index (χ0v) is 14.7. The summed E-state index contributed by atoms with van der Waals surface area (Å²) in [6, 6.07) is 4.78. The predicted molar refractivity (Wildman–Crippen MR) is 88.0 cm³/mol. The molecule has 1 aromatic carbocycles. The van der Waals surface area contributed by atoms with Gasteiger partial charge in [0.1, 0.15) is 5.82 Å². The van der Waals surface area contributed by atoms with Crippen LogP contribution in [0.2, 0.25) is 0 Å². The average molecular weight is 359 g/mol. The third-order valence-electron chi connectivity index (χ3n) is 3.92. The summed E-state index contributed by atoms with van der Waals surface area (Å²) in [6.07, 6.45) is 2.11. The third-order valence-corrected chi connectivity index (χ3v) is 4.58. The highest BCUT2D eigenvalue weighted by molar-refractivity contribution is 9.10. The number of nitrogens with zero attached hydrogens (tertiary/aromatic N) is 1. The van der Waals surface area contributed by atoms with Crippen molar-refractivity contribution in [2.75, 3.05) is 20.6 Å². The highest BCUT2D eigenvalue weighted by Crippen LogP contribution is 2.20. The highest BCUT2D eigenvalue weighted by atomic mass is 79.9. The van der Waals surface area contributed by atoms with Crippen LogP contribution in [0.25, 0.3) is 0 Å². The number of carbonyl (C=O) groups is 1. The Morgan fingerprint density at radius 1 is 1.33 bits per heavy atom. The Labute approximate surface area is 135 Å². The molecule has 3 nitrogen and oxygen atoms in total. The molecule has 0 heterocycles. The second-order valence-corrected chi connectivity index (χ2v) is 6.27. The quantitative estimate of drug-likeness (QED) is 0.806. The summed E-state index contributed by atoms with van der Waals surface area (Å²) in [5.74, 6) is -0.382. The van der Waals surface area contributed by atoms with Crippen LogP contribution in [0, 0.1) is 11.7 Å². The van der Waals surface area contributed by atoms with E-state index in [9.17, 15) is 9.18 Å². The fourth-order valence-electron chi connectivity index (χ4n) is 2.60. The number of nitrogens with one attached hydrogen (secondary N) is 1. The third kappa shape index (κ3) is 4.78. The molecule has 0 spiro atoms. The first kappa shape index (κ1) is 18.1. The van der Waals surface area contributed by atoms with E-state index in [0.717, 1.165) is 12.8 Å². The minimum atomic E-state index is -0.509. The molecule has 1 unspecified atom stereocenters. The van der Waals surface area contributed by atoms with Crippen molar-refractivity contribution in [2.24, 2.45) is 5.92 Å². The van der Waals surface area contributed by atoms with E-state index in [1.54, 1.807) is 12.1 Å². The lowest BCUT2D eigenvalue weighted by Gasteiger charge is -2.31. The molecule has 0 saturated heterocycles. The second-order valence-electron chi connectivity index (χ2n) is 5.41. The summed E-state index contributed by atoms with van der Waals surface area (Å²) >= 11 is 3.23. The van der Waals surface area contributed by atoms with Crippen LogP contribution >= 0.6 is 15.9 Å². The van der Waals surface area contributed by atoms with Crippen LogP contribution in [0.3, 0.4) is 0 Å². The molecule has 1 amide bonds. The molecule has 1 aromatic rings. The average Bonchev–Trinajstić information content (AvgIpc) is 2.42. The Morgan fingerprint density at radius 3 is 2.43 bits per heavy atom. The number of halogens is 2. The van der Waals surface area contributed by atoms with Crippen molar-refractivity contribution in [3.63, 3.8) is 0 Å². The number of likely N-dealkylation sites (N-methyl/N-ethyl adjacent to an activating group) is 1. The monoisotopic (exact) mass is 358 g/mol. The van der Waals surface area contributed by atoms with Crippen LogP contribution < -0.4 is 5.32 Å². The van der Waals surface area contributed by atoms with Crippen molar-refractivity contribution in [2.45, 2.75) is 32.7 Å². The topological polar surface area (TPSA) is 32.3 Å². The number of hydrogen-bond acceptors (Lipinski definition) is 2. The fraction of sp³-hybridized carbons (Fsp3) is 0.562. The number of hydrogen-bond donors (Lipinski definition) is 1. The molecular weight excluding hydrogens is 335 g/mol. The number of amides is 1. The zero-order chi connectivity index (χ0) is 16.0. The summed E-state index contributed by atoms with van der Waals surface area (Å²) in [4.78, 5) is 14.3. The minimum absolute atomic E-state index is 0.0690. The molecule has 0 aliphatic rings. The Hall–Kier alpha value is -0.940. The van der Waals surface area contributed by atoms with E-state index in [4.69, 9.17) is 0 Å². The molecular formula is C16H24BrFN2O. The summed E-state index contributed by atoms with van der Waals surface area (Å²) in [5.41, 5.74) is 0.0690. The largest absolute Gasteiger partial charge is 0.350 e. The first-order valence-corrected chi connectivity index (χ1v) is 8.10. The van der Waals surface area contributed by atoms with E-state index < -0.39 is 5.82 Å². The molecule has 21 heavy (non-hydrogen) atoms. The Bertz CT molecular complexity index is 455. The van der Waals surface area contributed by atoms with Gasteiger partial charge >= 0.3 is 0 Å². The van der Waals surface area contributed by atoms with Gasteiger partial charge in [0.2, 0.25) is 0 Å². The van der Waals surface area contributed by atoms with Crippen LogP contribution in [-0.2, 0) is 0 Å². The molecule has 0 aromatic heterocycles. The van der Waals surface area contributed by atoms with Crippen molar-refractivity contribution in [1.29, 1.82) is 0 Å². The Morgan fingerprint density at radius 2 is 1.95 bits per heavy atom. The molecule has 0 radical (unpaired) electrons. The highest BCUT2D eigenvalue weighted by Gasteiger charge is 2.22. The van der Waals surface area contributed by atoms with Gasteiger partial charge in [0.15, 0.2) is 0 Å². The fourth-order valence-corrected chi connectivity index (χ4v) is 3.13. The molecule has 0 saturated carbocycles. The van der Waals surface area contributed by atoms with Gasteiger partial charge in [-0.2, -0.15) is 0 Å². The summed E-state index contributed by atoms with van der Waals surface area (Å²) in [7, 11) is 4.02. The van der Waals surface area contributed by atoms with E-state index >= 15 is 0 Å². The molecule has 1 N–H and O–H groups in total. The van der Waals surface area contributed by atoms with Crippen LogP contribution in [0.15, 0.2) is 22.7 Å². The van der Waals surface area contributed by atoms with Crippen molar-refractivity contribution in [3.8, 4) is 0 Å². The van der Waals surface area contributed by atoms with Gasteiger partial charge in [-0.15, -0.1) is 0 Å². The Balaban J connectivity index is 2.78. The molecule has 118 valence electrons. The van der Waals surface area contributed by atoms with Crippen LogP contribution in [0.4, 0.5) is 4.39 Å². The minimum Gasteiger partial charge on any atom is -0.350 e. The molecule has 0 aliphatic carbocycles. The summed E-state index contributed by atoms with van der Waals surface area (Å²) < 4.78 is 14.2. The van der Waals surface area contributed by atoms with Crippen molar-refractivity contribution >= 4 is 21.8 Å². The summed E-state index contributed by atoms with van der Waals surface area (Å²) in [6.45, 7) is 4.82. The summed E-state index contributed by atoms with van der Waals surface area (Å²) in [5, 5.41) is 2.86. The molecule has 0 bridgehead atoms. The van der Waals surface area contributed by atoms with Crippen molar-refractivity contribution < 1.29 is 9.18 Å². The number of carbonyl (C=O) groups excluding carboxylic acids is 1. The maximum absolute atomic E-state index is 13.8. The van der Waals surface area contributed by atoms with Crippen LogP contribution in [0.5, 0.6) is 0 Å². The maximum Gasteiger partial charge on any atom is 0.255 e. The van der Waals surface area contributed by atoms with E-state index in [1.807, 2.05) is 14.1 Å². The first-order valence-electron chi connectivity index (χ1n) is 7.30. The van der Waals surface area contributed by atoms with Crippen molar-refractivity contribution in [1.82, 2.24) is 10.2 Å². The predicted octanol–water partition coefficient (Wildman–Crippen LogP) is 3.68. The van der Waals surface area contributed by atoms with E-state index in [1.165, 1.54) is 6.07 Å². The molecule has 1 rings (SSSR count). The van der Waals surface area contributed by atoms with Gasteiger partial charge in [0.25, 0.3) is 5.91 Å². The molecule has 1 atom stereocenters. The lowest BCUT2D eigenvalue weighted by atomic mass is 9.93. The Kier molecular flexibility index (Phi) is 7.32. The number of benzene rings is 1. The standard InChI is InChI=1S/C16H24BrFN2O/c1-5-11(6-2)14(20(3)4)10-19-16(21)15-12(17)8-7-9-13(15)18/h7-9,11,14H,5-6,10H2,1-4H3,(H,19,21). The smallest absolute Gasteiger partial charge is 0.255 e. The van der Waals surface area contributed by atoms with Gasteiger partial charge in [-0.05, 0) is 48.1 Å². The zero-order valence-electron chi connectivity index (χ0n) is 13.1. The van der Waals surface area contributed by atoms with Crippen LogP contribution in [0.1, 0.15) is 37.0 Å². The van der Waals surface area contributed by atoms with E-state index in [0.29, 0.717) is 16.9 Å². The van der Waals surface area contributed by atoms with Gasteiger partial charge in [-0.1, -0.05) is 32.8 Å². The second kappa shape index (κ2) is 8.49. The lowest BCUT2D eigenvalue weighted by molar-refractivity contribution is 0.0924. The molecule has 0 aliphatic heterocycles. The van der Waals surface area contributed by atoms with Crippen molar-refractivity contribution in [3.05, 3.63) is 34.1 Å². The van der Waals surface area contributed by atoms with Gasteiger partial charge in [-0.25, -0.2) is 4.39 Å². The van der Waals surface area contributed by atoms with Gasteiger partial charge in [0.05, 0.1) is 5.56 Å². The SMILES string of the molecule is CCC(CC)C(CNC(=O)c1c(F)cccc1Br)N(C)C. The van der Waals surface area contributed by atoms with E-state index in [-0.39, 0.29) is 17.5 Å². The maximum atomic E-state index is 13.8. The first-order chi connectivity index (χ1) is 9.92. The van der Waals surface area contributed by atoms with Gasteiger partial charge in [-0.3, -0.25) is 4.79 Å². The molecule has 0 fully saturated rings. The van der Waals surface area contributed by atoms with Gasteiger partial charge < -0.3 is 10.2 Å².